The number of nitrogens with zero attached hydrogens (tertiary/aromatic N) is 3. The molecule has 0 saturated heterocycles. The van der Waals surface area contributed by atoms with Gasteiger partial charge in [-0.25, -0.2) is 4.98 Å². The molecule has 0 bridgehead atoms. The zero-order valence-corrected chi connectivity index (χ0v) is 19.4. The first-order valence-corrected chi connectivity index (χ1v) is 12.1. The van der Waals surface area contributed by atoms with Gasteiger partial charge in [-0.1, -0.05) is 77.3 Å². The monoisotopic (exact) mass is 411 g/mol. The first-order chi connectivity index (χ1) is 15.1. The molecule has 0 radical (unpaired) electrons. The Hall–Kier alpha value is -2.49. The van der Waals surface area contributed by atoms with E-state index in [9.17, 15) is 0 Å². The summed E-state index contributed by atoms with van der Waals surface area (Å²) < 4.78 is 2.45. The van der Waals surface area contributed by atoms with Crippen molar-refractivity contribution in [3.05, 3.63) is 66.0 Å². The Kier molecular flexibility index (Phi) is 5.41. The zero-order chi connectivity index (χ0) is 21.5. The lowest BCUT2D eigenvalue weighted by molar-refractivity contribution is 0.441. The molecule has 0 amide bonds. The van der Waals surface area contributed by atoms with Crippen LogP contribution in [0.5, 0.6) is 0 Å². The number of benzene rings is 2. The number of para-hydroxylation sites is 1. The maximum Gasteiger partial charge on any atom is 0.417 e. The largest absolute Gasteiger partial charge is 0.417 e. The van der Waals surface area contributed by atoms with Crippen molar-refractivity contribution in [1.82, 2.24) is 9.46 Å². The Morgan fingerprint density at radius 2 is 1.55 bits per heavy atom. The molecule has 5 rings (SSSR count). The topological polar surface area (TPSA) is 21.1 Å². The first-order valence-electron chi connectivity index (χ1n) is 12.1. The van der Waals surface area contributed by atoms with Crippen LogP contribution in [0.25, 0.3) is 11.4 Å². The molecule has 0 N–H and O–H groups in total. The van der Waals surface area contributed by atoms with Gasteiger partial charge >= 0.3 is 6.98 Å². The minimum atomic E-state index is 0.159. The molecule has 2 aromatic carbocycles. The van der Waals surface area contributed by atoms with E-state index >= 15 is 0 Å². The molecule has 1 fully saturated rings. The Labute approximate surface area is 187 Å². The zero-order valence-electron chi connectivity index (χ0n) is 19.4. The van der Waals surface area contributed by atoms with Crippen molar-refractivity contribution in [3.8, 4) is 11.4 Å². The minimum absolute atomic E-state index is 0.159. The van der Waals surface area contributed by atoms with Crippen molar-refractivity contribution in [3.63, 3.8) is 0 Å². The number of anilines is 1. The van der Waals surface area contributed by atoms with Gasteiger partial charge in [0.05, 0.1) is 0 Å². The van der Waals surface area contributed by atoms with Gasteiger partial charge in [-0.05, 0) is 53.4 Å². The summed E-state index contributed by atoms with van der Waals surface area (Å²) in [4.78, 5) is 7.60. The van der Waals surface area contributed by atoms with Crippen LogP contribution >= 0.6 is 0 Å². The van der Waals surface area contributed by atoms with Gasteiger partial charge in [-0.3, -0.25) is 0 Å². The Morgan fingerprint density at radius 1 is 0.871 bits per heavy atom. The van der Waals surface area contributed by atoms with Crippen LogP contribution < -0.4 is 10.3 Å². The van der Waals surface area contributed by atoms with Crippen LogP contribution in [0, 0.1) is 0 Å². The standard InChI is InChI=1S/C27H34BN3/c1-19(2)22-14-10-15-23(20(3)4)26(22)28-30-18-17-29-27(30)24-13-8-9-16-25(24)31(28)21-11-6-5-7-12-21/h8-10,13-21H,5-7,11-12H2,1-4H3. The van der Waals surface area contributed by atoms with Crippen LogP contribution in [0.1, 0.15) is 82.8 Å². The fraction of sp³-hybridized carbons (Fsp3) is 0.444. The van der Waals surface area contributed by atoms with E-state index in [4.69, 9.17) is 4.98 Å². The van der Waals surface area contributed by atoms with Crippen molar-refractivity contribution in [2.45, 2.75) is 77.7 Å². The molecule has 3 nitrogen and oxygen atoms in total. The summed E-state index contributed by atoms with van der Waals surface area (Å²) >= 11 is 0. The summed E-state index contributed by atoms with van der Waals surface area (Å²) in [6.45, 7) is 9.49. The fourth-order valence-electron chi connectivity index (χ4n) is 5.81. The van der Waals surface area contributed by atoms with Crippen LogP contribution in [0.3, 0.4) is 0 Å². The van der Waals surface area contributed by atoms with E-state index in [1.807, 2.05) is 6.20 Å². The maximum atomic E-state index is 4.84. The summed E-state index contributed by atoms with van der Waals surface area (Å²) in [6.07, 6.45) is 10.8. The number of imidazole rings is 1. The normalized spacial score (nSPS) is 16.7. The molecule has 0 atom stereocenters. The maximum absolute atomic E-state index is 4.84. The molecule has 0 spiro atoms. The van der Waals surface area contributed by atoms with Crippen molar-refractivity contribution in [2.24, 2.45) is 0 Å². The smallest absolute Gasteiger partial charge is 0.388 e. The van der Waals surface area contributed by atoms with E-state index in [0.29, 0.717) is 17.9 Å². The van der Waals surface area contributed by atoms with Gasteiger partial charge in [0, 0.05) is 29.7 Å². The molecule has 160 valence electrons. The molecule has 3 aromatic rings. The second-order valence-corrected chi connectivity index (χ2v) is 9.91. The van der Waals surface area contributed by atoms with Crippen LogP contribution in [0.2, 0.25) is 0 Å². The van der Waals surface area contributed by atoms with Crippen molar-refractivity contribution in [1.29, 1.82) is 0 Å². The first kappa shape index (κ1) is 20.4. The second kappa shape index (κ2) is 8.22. The molecule has 31 heavy (non-hydrogen) atoms. The highest BCUT2D eigenvalue weighted by atomic mass is 15.2. The third-order valence-corrected chi connectivity index (χ3v) is 7.26. The van der Waals surface area contributed by atoms with Gasteiger partial charge in [0.2, 0.25) is 0 Å². The van der Waals surface area contributed by atoms with E-state index in [1.54, 1.807) is 0 Å². The van der Waals surface area contributed by atoms with Crippen LogP contribution in [0.4, 0.5) is 5.69 Å². The lowest BCUT2D eigenvalue weighted by atomic mass is 9.57. The summed E-state index contributed by atoms with van der Waals surface area (Å²) in [6, 6.07) is 16.4. The third-order valence-electron chi connectivity index (χ3n) is 7.26. The van der Waals surface area contributed by atoms with E-state index in [2.05, 4.69) is 85.6 Å². The quantitative estimate of drug-likeness (QED) is 0.477. The molecule has 1 aliphatic heterocycles. The van der Waals surface area contributed by atoms with Crippen molar-refractivity contribution in [2.75, 3.05) is 4.81 Å². The average molecular weight is 411 g/mol. The Bertz CT molecular complexity index is 1040. The number of fused-ring (bicyclic) bond motifs is 3. The second-order valence-electron chi connectivity index (χ2n) is 9.91. The Morgan fingerprint density at radius 3 is 2.23 bits per heavy atom. The third kappa shape index (κ3) is 3.41. The van der Waals surface area contributed by atoms with Crippen LogP contribution in [0.15, 0.2) is 54.9 Å². The summed E-state index contributed by atoms with van der Waals surface area (Å²) in [5, 5.41) is 0. The number of hydrogen-bond donors (Lipinski definition) is 0. The predicted octanol–water partition coefficient (Wildman–Crippen LogP) is 6.19. The lowest BCUT2D eigenvalue weighted by Gasteiger charge is -2.45. The summed E-state index contributed by atoms with van der Waals surface area (Å²) in [5.74, 6) is 2.05. The van der Waals surface area contributed by atoms with E-state index in [-0.39, 0.29) is 6.98 Å². The summed E-state index contributed by atoms with van der Waals surface area (Å²) in [7, 11) is 0. The number of aromatic nitrogens is 2. The fourth-order valence-corrected chi connectivity index (χ4v) is 5.81. The molecule has 4 heteroatoms. The van der Waals surface area contributed by atoms with Crippen molar-refractivity contribution < 1.29 is 0 Å². The predicted molar refractivity (Wildman–Crippen MR) is 132 cm³/mol. The summed E-state index contributed by atoms with van der Waals surface area (Å²) in [5.41, 5.74) is 7.05. The van der Waals surface area contributed by atoms with Gasteiger partial charge in [-0.2, -0.15) is 0 Å². The van der Waals surface area contributed by atoms with Gasteiger partial charge in [0.15, 0.2) is 0 Å². The van der Waals surface area contributed by atoms with E-state index in [0.717, 1.165) is 5.82 Å². The molecule has 2 aliphatic rings. The van der Waals surface area contributed by atoms with E-state index < -0.39 is 0 Å². The molecule has 0 unspecified atom stereocenters. The minimum Gasteiger partial charge on any atom is -0.388 e. The van der Waals surface area contributed by atoms with Gasteiger partial charge < -0.3 is 9.29 Å². The highest BCUT2D eigenvalue weighted by Crippen LogP contribution is 2.40. The SMILES string of the molecule is CC(C)c1cccc(C(C)C)c1B1N(C2CCCCC2)c2ccccc2-c2nccn21. The van der Waals surface area contributed by atoms with Gasteiger partial charge in [0.25, 0.3) is 0 Å². The van der Waals surface area contributed by atoms with Crippen LogP contribution in [-0.2, 0) is 0 Å². The highest BCUT2D eigenvalue weighted by Gasteiger charge is 2.43. The molecule has 2 heterocycles. The molecule has 1 aromatic heterocycles. The van der Waals surface area contributed by atoms with Crippen molar-refractivity contribution >= 4 is 18.1 Å². The highest BCUT2D eigenvalue weighted by molar-refractivity contribution is 6.77. The van der Waals surface area contributed by atoms with Crippen LogP contribution in [-0.4, -0.2) is 22.5 Å². The van der Waals surface area contributed by atoms with Gasteiger partial charge in [-0.15, -0.1) is 0 Å². The number of rotatable bonds is 4. The molecule has 1 saturated carbocycles. The number of hydrogen-bond acceptors (Lipinski definition) is 2. The average Bonchev–Trinajstić information content (AvgIpc) is 3.28. The Balaban J connectivity index is 1.80. The molecular weight excluding hydrogens is 377 g/mol. The molecule has 1 aliphatic carbocycles. The molecular formula is C27H34BN3. The van der Waals surface area contributed by atoms with Gasteiger partial charge in [0.1, 0.15) is 5.82 Å². The van der Waals surface area contributed by atoms with E-state index in [1.165, 1.54) is 59.9 Å². The lowest BCUT2D eigenvalue weighted by Crippen LogP contribution is -2.61.